The van der Waals surface area contributed by atoms with Gasteiger partial charge in [0.15, 0.2) is 5.58 Å². The lowest BCUT2D eigenvalue weighted by molar-refractivity contribution is -0.140. The van der Waals surface area contributed by atoms with E-state index in [1.54, 1.807) is 28.0 Å². The van der Waals surface area contributed by atoms with E-state index in [-0.39, 0.29) is 11.8 Å². The first kappa shape index (κ1) is 16.3. The predicted molar refractivity (Wildman–Crippen MR) is 88.8 cm³/mol. The number of hydrogen-bond acceptors (Lipinski definition) is 4. The van der Waals surface area contributed by atoms with Crippen molar-refractivity contribution in [3.05, 3.63) is 34.3 Å². The van der Waals surface area contributed by atoms with Crippen LogP contribution in [0.4, 0.5) is 0 Å². The highest BCUT2D eigenvalue weighted by Gasteiger charge is 2.31. The maximum Gasteiger partial charge on any atom is 0.417 e. The number of nitrogens with one attached hydrogen (secondary N) is 1. The maximum absolute atomic E-state index is 12.6. The number of benzene rings is 1. The standard InChI is InChI=1S/C17H21N3O4/c1-17(2,3)15(22)20-8-6-19(7-9-20)14(21)11-4-5-13-12(10-11)18-16(23)24-13/h4-5,10H,6-9H2,1-3H3,(H,18,23). The minimum Gasteiger partial charge on any atom is -0.408 e. The number of oxazole rings is 1. The zero-order valence-corrected chi connectivity index (χ0v) is 14.1. The summed E-state index contributed by atoms with van der Waals surface area (Å²) in [4.78, 5) is 42.2. The van der Waals surface area contributed by atoms with Gasteiger partial charge in [-0.1, -0.05) is 20.8 Å². The van der Waals surface area contributed by atoms with Crippen molar-refractivity contribution in [2.24, 2.45) is 5.41 Å². The van der Waals surface area contributed by atoms with Gasteiger partial charge in [0.05, 0.1) is 5.52 Å². The fourth-order valence-electron chi connectivity index (χ4n) is 2.85. The van der Waals surface area contributed by atoms with E-state index in [2.05, 4.69) is 4.98 Å². The average molecular weight is 331 g/mol. The summed E-state index contributed by atoms with van der Waals surface area (Å²) in [6.07, 6.45) is 0. The summed E-state index contributed by atoms with van der Waals surface area (Å²) in [6, 6.07) is 4.88. The Morgan fingerprint density at radius 3 is 2.33 bits per heavy atom. The first-order valence-corrected chi connectivity index (χ1v) is 7.97. The van der Waals surface area contributed by atoms with Crippen LogP contribution in [0.1, 0.15) is 31.1 Å². The van der Waals surface area contributed by atoms with Gasteiger partial charge < -0.3 is 14.2 Å². The molecule has 0 bridgehead atoms. The molecule has 2 aromatic rings. The molecule has 1 aromatic heterocycles. The van der Waals surface area contributed by atoms with Crippen molar-refractivity contribution in [1.29, 1.82) is 0 Å². The van der Waals surface area contributed by atoms with Gasteiger partial charge in [0.2, 0.25) is 5.91 Å². The summed E-state index contributed by atoms with van der Waals surface area (Å²) in [5.74, 6) is -0.544. The second-order valence-corrected chi connectivity index (χ2v) is 7.06. The normalized spacial score (nSPS) is 15.8. The van der Waals surface area contributed by atoms with Gasteiger partial charge >= 0.3 is 5.76 Å². The van der Waals surface area contributed by atoms with Gasteiger partial charge in [-0.15, -0.1) is 0 Å². The van der Waals surface area contributed by atoms with Gasteiger partial charge in [-0.25, -0.2) is 4.79 Å². The second-order valence-electron chi connectivity index (χ2n) is 7.06. The fourth-order valence-corrected chi connectivity index (χ4v) is 2.85. The van der Waals surface area contributed by atoms with Crippen molar-refractivity contribution < 1.29 is 14.0 Å². The number of H-pyrrole nitrogens is 1. The van der Waals surface area contributed by atoms with Crippen LogP contribution in [0.15, 0.2) is 27.4 Å². The highest BCUT2D eigenvalue weighted by molar-refractivity contribution is 5.97. The molecule has 1 saturated heterocycles. The number of carbonyl (C=O) groups excluding carboxylic acids is 2. The van der Waals surface area contributed by atoms with E-state index >= 15 is 0 Å². The molecule has 0 aliphatic carbocycles. The molecule has 7 heteroatoms. The third-order valence-electron chi connectivity index (χ3n) is 4.16. The van der Waals surface area contributed by atoms with E-state index in [0.717, 1.165) is 0 Å². The van der Waals surface area contributed by atoms with Crippen LogP contribution < -0.4 is 5.76 Å². The lowest BCUT2D eigenvalue weighted by Gasteiger charge is -2.37. The molecule has 1 aliphatic heterocycles. The highest BCUT2D eigenvalue weighted by atomic mass is 16.4. The van der Waals surface area contributed by atoms with Crippen LogP contribution in [0.3, 0.4) is 0 Å². The number of aromatic nitrogens is 1. The van der Waals surface area contributed by atoms with Crippen LogP contribution >= 0.6 is 0 Å². The van der Waals surface area contributed by atoms with Crippen LogP contribution in [0.2, 0.25) is 0 Å². The molecule has 128 valence electrons. The molecule has 0 radical (unpaired) electrons. The van der Waals surface area contributed by atoms with Crippen LogP contribution in [0.25, 0.3) is 11.1 Å². The second kappa shape index (κ2) is 5.81. The molecule has 2 amide bonds. The number of nitrogens with zero attached hydrogens (tertiary/aromatic N) is 2. The molecule has 1 fully saturated rings. The summed E-state index contributed by atoms with van der Waals surface area (Å²) in [5.41, 5.74) is 1.02. The summed E-state index contributed by atoms with van der Waals surface area (Å²) in [7, 11) is 0. The van der Waals surface area contributed by atoms with Crippen molar-refractivity contribution in [3.8, 4) is 0 Å². The quantitative estimate of drug-likeness (QED) is 0.857. The van der Waals surface area contributed by atoms with E-state index in [9.17, 15) is 14.4 Å². The van der Waals surface area contributed by atoms with Crippen molar-refractivity contribution in [2.75, 3.05) is 26.2 Å². The molecule has 0 unspecified atom stereocenters. The van der Waals surface area contributed by atoms with Gasteiger partial charge in [-0.2, -0.15) is 0 Å². The van der Waals surface area contributed by atoms with Crippen LogP contribution in [0, 0.1) is 5.41 Å². The Morgan fingerprint density at radius 2 is 1.71 bits per heavy atom. The topological polar surface area (TPSA) is 86.6 Å². The summed E-state index contributed by atoms with van der Waals surface area (Å²) in [5, 5.41) is 0. The molecule has 0 atom stereocenters. The summed E-state index contributed by atoms with van der Waals surface area (Å²) >= 11 is 0. The summed E-state index contributed by atoms with van der Waals surface area (Å²) in [6.45, 7) is 7.76. The Balaban J connectivity index is 1.70. The monoisotopic (exact) mass is 331 g/mol. The predicted octanol–water partition coefficient (Wildman–Crippen LogP) is 1.45. The molecule has 1 aliphatic rings. The molecule has 2 heterocycles. The molecule has 0 spiro atoms. The van der Waals surface area contributed by atoms with Crippen LogP contribution in [-0.2, 0) is 4.79 Å². The Kier molecular flexibility index (Phi) is 3.95. The zero-order chi connectivity index (χ0) is 17.5. The highest BCUT2D eigenvalue weighted by Crippen LogP contribution is 2.20. The first-order chi connectivity index (χ1) is 11.3. The van der Waals surface area contributed by atoms with Gasteiger partial charge in [0.1, 0.15) is 0 Å². The number of amides is 2. The van der Waals surface area contributed by atoms with E-state index < -0.39 is 11.2 Å². The largest absolute Gasteiger partial charge is 0.417 e. The molecular weight excluding hydrogens is 310 g/mol. The molecule has 1 N–H and O–H groups in total. The van der Waals surface area contributed by atoms with Crippen molar-refractivity contribution in [1.82, 2.24) is 14.8 Å². The average Bonchev–Trinajstić information content (AvgIpc) is 2.91. The number of fused-ring (bicyclic) bond motifs is 1. The van der Waals surface area contributed by atoms with Crippen molar-refractivity contribution in [2.45, 2.75) is 20.8 Å². The Bertz CT molecular complexity index is 835. The Hall–Kier alpha value is -2.57. The molecule has 0 saturated carbocycles. The van der Waals surface area contributed by atoms with E-state index in [1.807, 2.05) is 20.8 Å². The number of piperazine rings is 1. The number of aromatic amines is 1. The number of hydrogen-bond donors (Lipinski definition) is 1. The van der Waals surface area contributed by atoms with Gasteiger partial charge in [-0.3, -0.25) is 14.6 Å². The minimum atomic E-state index is -0.538. The molecule has 1 aromatic carbocycles. The Morgan fingerprint density at radius 1 is 1.08 bits per heavy atom. The SMILES string of the molecule is CC(C)(C)C(=O)N1CCN(C(=O)c2ccc3oc(=O)[nH]c3c2)CC1. The van der Waals surface area contributed by atoms with Crippen molar-refractivity contribution in [3.63, 3.8) is 0 Å². The zero-order valence-electron chi connectivity index (χ0n) is 14.1. The first-order valence-electron chi connectivity index (χ1n) is 7.97. The van der Waals surface area contributed by atoms with E-state index in [1.165, 1.54) is 0 Å². The molecule has 7 nitrogen and oxygen atoms in total. The van der Waals surface area contributed by atoms with Crippen molar-refractivity contribution >= 4 is 22.9 Å². The maximum atomic E-state index is 12.6. The minimum absolute atomic E-state index is 0.104. The fraction of sp³-hybridized carbons (Fsp3) is 0.471. The number of rotatable bonds is 1. The lowest BCUT2D eigenvalue weighted by atomic mass is 9.94. The van der Waals surface area contributed by atoms with Gasteiger partial charge in [0, 0.05) is 37.2 Å². The van der Waals surface area contributed by atoms with Gasteiger partial charge in [0.25, 0.3) is 5.91 Å². The van der Waals surface area contributed by atoms with E-state index in [4.69, 9.17) is 4.42 Å². The Labute approximate surface area is 139 Å². The summed E-state index contributed by atoms with van der Waals surface area (Å²) < 4.78 is 4.94. The third-order valence-corrected chi connectivity index (χ3v) is 4.16. The van der Waals surface area contributed by atoms with Crippen LogP contribution in [0.5, 0.6) is 0 Å². The number of carbonyl (C=O) groups is 2. The van der Waals surface area contributed by atoms with E-state index in [0.29, 0.717) is 42.8 Å². The smallest absolute Gasteiger partial charge is 0.408 e. The van der Waals surface area contributed by atoms with Gasteiger partial charge in [-0.05, 0) is 18.2 Å². The third kappa shape index (κ3) is 3.06. The molecule has 3 rings (SSSR count). The lowest BCUT2D eigenvalue weighted by Crippen LogP contribution is -2.53. The van der Waals surface area contributed by atoms with Crippen LogP contribution in [-0.4, -0.2) is 52.8 Å². The molecular formula is C17H21N3O4. The molecule has 24 heavy (non-hydrogen) atoms.